The van der Waals surface area contributed by atoms with Gasteiger partial charge in [0, 0.05) is 31.7 Å². The summed E-state index contributed by atoms with van der Waals surface area (Å²) in [7, 11) is -2.78. The van der Waals surface area contributed by atoms with E-state index in [-0.39, 0.29) is 32.1 Å². The Morgan fingerprint density at radius 1 is 1.00 bits per heavy atom. The number of carbonyl (C=O) groups is 1. The molecule has 30 heavy (non-hydrogen) atoms. The third-order valence-corrected chi connectivity index (χ3v) is 6.64. The molecule has 2 aromatic rings. The van der Waals surface area contributed by atoms with E-state index in [1.165, 1.54) is 12.0 Å². The maximum Gasteiger partial charge on any atom is 0.419 e. The van der Waals surface area contributed by atoms with Crippen molar-refractivity contribution in [1.29, 1.82) is 0 Å². The highest BCUT2D eigenvalue weighted by molar-refractivity contribution is 7.89. The molecule has 0 aromatic heterocycles. The van der Waals surface area contributed by atoms with Crippen LogP contribution in [-0.2, 0) is 16.2 Å². The van der Waals surface area contributed by atoms with Gasteiger partial charge in [0.15, 0.2) is 0 Å². The minimum absolute atomic E-state index is 0.0669. The second kappa shape index (κ2) is 8.23. The first-order valence-electron chi connectivity index (χ1n) is 8.84. The van der Waals surface area contributed by atoms with Crippen molar-refractivity contribution in [3.63, 3.8) is 0 Å². The van der Waals surface area contributed by atoms with Crippen LogP contribution >= 0.6 is 0 Å². The highest BCUT2D eigenvalue weighted by Crippen LogP contribution is 2.33. The number of hydrogen-bond acceptors (Lipinski definition) is 4. The second-order valence-electron chi connectivity index (χ2n) is 6.56. The minimum atomic E-state index is -5.01. The van der Waals surface area contributed by atoms with Crippen LogP contribution in [0.2, 0.25) is 0 Å². The predicted molar refractivity (Wildman–Crippen MR) is 99.1 cm³/mol. The largest absolute Gasteiger partial charge is 0.497 e. The van der Waals surface area contributed by atoms with Gasteiger partial charge in [0.25, 0.3) is 5.91 Å². The van der Waals surface area contributed by atoms with Crippen LogP contribution < -0.4 is 4.74 Å². The van der Waals surface area contributed by atoms with E-state index in [0.717, 1.165) is 10.4 Å². The lowest BCUT2D eigenvalue weighted by molar-refractivity contribution is -0.140. The Balaban J connectivity index is 1.73. The van der Waals surface area contributed by atoms with Gasteiger partial charge in [-0.3, -0.25) is 4.79 Å². The van der Waals surface area contributed by atoms with Gasteiger partial charge in [0.2, 0.25) is 10.0 Å². The molecular weight excluding hydrogens is 428 g/mol. The van der Waals surface area contributed by atoms with Crippen LogP contribution in [0.3, 0.4) is 0 Å². The Morgan fingerprint density at radius 2 is 1.60 bits per heavy atom. The molecule has 1 aliphatic heterocycles. The number of methoxy groups -OCH3 is 1. The molecule has 0 aliphatic carbocycles. The predicted octanol–water partition coefficient (Wildman–Crippen LogP) is 3.00. The van der Waals surface area contributed by atoms with Crippen LogP contribution in [0.5, 0.6) is 5.75 Å². The van der Waals surface area contributed by atoms with Gasteiger partial charge in [-0.1, -0.05) is 0 Å². The van der Waals surface area contributed by atoms with Gasteiger partial charge >= 0.3 is 6.18 Å². The van der Waals surface area contributed by atoms with E-state index in [0.29, 0.717) is 23.4 Å². The Hall–Kier alpha value is -2.66. The van der Waals surface area contributed by atoms with Crippen molar-refractivity contribution in [3.8, 4) is 5.75 Å². The molecule has 0 saturated carbocycles. The molecule has 2 aromatic carbocycles. The van der Waals surface area contributed by atoms with Gasteiger partial charge < -0.3 is 9.64 Å². The number of hydrogen-bond donors (Lipinski definition) is 0. The second-order valence-corrected chi connectivity index (χ2v) is 8.50. The molecule has 0 N–H and O–H groups in total. The van der Waals surface area contributed by atoms with Crippen molar-refractivity contribution in [3.05, 3.63) is 59.4 Å². The molecule has 1 amide bonds. The average molecular weight is 446 g/mol. The number of nitrogens with zero attached hydrogens (tertiary/aromatic N) is 2. The molecule has 0 unspecified atom stereocenters. The van der Waals surface area contributed by atoms with E-state index in [1.54, 1.807) is 24.3 Å². The molecule has 0 bridgehead atoms. The van der Waals surface area contributed by atoms with Crippen molar-refractivity contribution in [1.82, 2.24) is 9.21 Å². The SMILES string of the molecule is COc1ccc(C(=O)N2CCN(S(=O)(=O)c3ccc(F)c(C(F)(F)F)c3)CC2)cc1. The van der Waals surface area contributed by atoms with Crippen LogP contribution in [0, 0.1) is 5.82 Å². The number of sulfonamides is 1. The fourth-order valence-corrected chi connectivity index (χ4v) is 4.53. The third-order valence-electron chi connectivity index (χ3n) is 4.74. The summed E-state index contributed by atoms with van der Waals surface area (Å²) in [5, 5.41) is 0. The molecule has 11 heteroatoms. The quantitative estimate of drug-likeness (QED) is 0.678. The molecule has 1 aliphatic rings. The lowest BCUT2D eigenvalue weighted by Gasteiger charge is -2.34. The number of rotatable bonds is 4. The lowest BCUT2D eigenvalue weighted by atomic mass is 10.2. The summed E-state index contributed by atoms with van der Waals surface area (Å²) in [6.45, 7) is -0.0548. The van der Waals surface area contributed by atoms with E-state index in [9.17, 15) is 30.8 Å². The molecule has 3 rings (SSSR count). The van der Waals surface area contributed by atoms with Gasteiger partial charge in [0.05, 0.1) is 17.6 Å². The zero-order valence-electron chi connectivity index (χ0n) is 15.8. The maximum atomic E-state index is 13.5. The zero-order valence-corrected chi connectivity index (χ0v) is 16.6. The van der Waals surface area contributed by atoms with Crippen LogP contribution in [0.4, 0.5) is 17.6 Å². The van der Waals surface area contributed by atoms with E-state index in [1.807, 2.05) is 0 Å². The Morgan fingerprint density at radius 3 is 2.13 bits per heavy atom. The Bertz CT molecular complexity index is 1030. The molecule has 1 saturated heterocycles. The molecular formula is C19H18F4N2O4S. The van der Waals surface area contributed by atoms with Crippen LogP contribution in [0.25, 0.3) is 0 Å². The Kier molecular flexibility index (Phi) is 6.04. The number of halogens is 4. The summed E-state index contributed by atoms with van der Waals surface area (Å²) in [4.78, 5) is 13.4. The zero-order chi connectivity index (χ0) is 22.1. The van der Waals surface area contributed by atoms with E-state index in [2.05, 4.69) is 0 Å². The van der Waals surface area contributed by atoms with E-state index < -0.39 is 32.5 Å². The fraction of sp³-hybridized carbons (Fsp3) is 0.316. The van der Waals surface area contributed by atoms with Gasteiger partial charge in [-0.05, 0) is 42.5 Å². The molecule has 1 heterocycles. The Labute approximate surface area is 170 Å². The number of ether oxygens (including phenoxy) is 1. The van der Waals surface area contributed by atoms with E-state index in [4.69, 9.17) is 4.74 Å². The highest BCUT2D eigenvalue weighted by Gasteiger charge is 2.37. The third kappa shape index (κ3) is 4.41. The average Bonchev–Trinajstić information content (AvgIpc) is 2.72. The topological polar surface area (TPSA) is 66.9 Å². The summed E-state index contributed by atoms with van der Waals surface area (Å²) >= 11 is 0. The minimum Gasteiger partial charge on any atom is -0.497 e. The monoisotopic (exact) mass is 446 g/mol. The van der Waals surface area contributed by atoms with E-state index >= 15 is 0 Å². The van der Waals surface area contributed by atoms with Gasteiger partial charge in [-0.25, -0.2) is 12.8 Å². The van der Waals surface area contributed by atoms with Crippen LogP contribution in [0.15, 0.2) is 47.4 Å². The molecule has 0 spiro atoms. The first kappa shape index (κ1) is 22.0. The summed E-state index contributed by atoms with van der Waals surface area (Å²) in [6, 6.07) is 8.00. The highest BCUT2D eigenvalue weighted by atomic mass is 32.2. The normalized spacial score (nSPS) is 15.8. The summed E-state index contributed by atoms with van der Waals surface area (Å²) in [6.07, 6.45) is -5.01. The fourth-order valence-electron chi connectivity index (χ4n) is 3.08. The summed E-state index contributed by atoms with van der Waals surface area (Å²) < 4.78 is 83.6. The number of benzene rings is 2. The lowest BCUT2D eigenvalue weighted by Crippen LogP contribution is -2.50. The smallest absolute Gasteiger partial charge is 0.419 e. The van der Waals surface area contributed by atoms with Crippen molar-refractivity contribution in [2.24, 2.45) is 0 Å². The van der Waals surface area contributed by atoms with Gasteiger partial charge in [0.1, 0.15) is 11.6 Å². The number of amides is 1. The van der Waals surface area contributed by atoms with Crippen molar-refractivity contribution in [2.75, 3.05) is 33.3 Å². The van der Waals surface area contributed by atoms with Crippen LogP contribution in [-0.4, -0.2) is 56.8 Å². The number of piperazine rings is 1. The number of alkyl halides is 3. The van der Waals surface area contributed by atoms with Crippen molar-refractivity contribution < 1.29 is 35.5 Å². The van der Waals surface area contributed by atoms with Crippen molar-refractivity contribution in [2.45, 2.75) is 11.1 Å². The maximum absolute atomic E-state index is 13.5. The first-order chi connectivity index (χ1) is 14.0. The van der Waals surface area contributed by atoms with Crippen molar-refractivity contribution >= 4 is 15.9 Å². The molecule has 162 valence electrons. The first-order valence-corrected chi connectivity index (χ1v) is 10.3. The molecule has 1 fully saturated rings. The number of carbonyl (C=O) groups excluding carboxylic acids is 1. The molecule has 6 nitrogen and oxygen atoms in total. The van der Waals surface area contributed by atoms with Gasteiger partial charge in [-0.15, -0.1) is 0 Å². The standard InChI is InChI=1S/C19H18F4N2O4S/c1-29-14-4-2-13(3-5-14)18(26)24-8-10-25(11-9-24)30(27,28)15-6-7-17(20)16(12-15)19(21,22)23/h2-7,12H,8-11H2,1H3. The van der Waals surface area contributed by atoms with Crippen LogP contribution in [0.1, 0.15) is 15.9 Å². The molecule has 0 radical (unpaired) electrons. The summed E-state index contributed by atoms with van der Waals surface area (Å²) in [5.74, 6) is -1.26. The summed E-state index contributed by atoms with van der Waals surface area (Å²) in [5.41, 5.74) is -1.24. The molecule has 0 atom stereocenters. The van der Waals surface area contributed by atoms with Gasteiger partial charge in [-0.2, -0.15) is 17.5 Å².